The Balaban J connectivity index is 1.81. The number of anilines is 1. The minimum absolute atomic E-state index is 0.295. The second kappa shape index (κ2) is 8.66. The largest absolute Gasteiger partial charge is 0.495 e. The average molecular weight is 369 g/mol. The summed E-state index contributed by atoms with van der Waals surface area (Å²) in [5, 5.41) is 6.41. The van der Waals surface area contributed by atoms with E-state index < -0.39 is 0 Å². The average Bonchev–Trinajstić information content (AvgIpc) is 2.55. The van der Waals surface area contributed by atoms with Crippen molar-refractivity contribution in [1.29, 1.82) is 0 Å². The summed E-state index contributed by atoms with van der Waals surface area (Å²) in [6, 6.07) is 10.1. The number of rotatable bonds is 6. The molecule has 2 N–H and O–H groups in total. The Hall–Kier alpha value is -2.11. The van der Waals surface area contributed by atoms with Crippen LogP contribution in [0.1, 0.15) is 5.56 Å². The molecule has 7 heteroatoms. The van der Waals surface area contributed by atoms with Crippen molar-refractivity contribution in [3.8, 4) is 11.5 Å². The summed E-state index contributed by atoms with van der Waals surface area (Å²) < 4.78 is 10.7. The Bertz CT molecular complexity index is 723. The van der Waals surface area contributed by atoms with Gasteiger partial charge < -0.3 is 20.1 Å². The van der Waals surface area contributed by atoms with Gasteiger partial charge in [-0.15, -0.1) is 0 Å². The maximum atomic E-state index is 11.9. The first-order valence-electron chi connectivity index (χ1n) is 7.27. The quantitative estimate of drug-likeness (QED) is 0.737. The van der Waals surface area contributed by atoms with Gasteiger partial charge in [-0.1, -0.05) is 29.3 Å². The van der Waals surface area contributed by atoms with E-state index in [-0.39, 0.29) is 6.03 Å². The molecule has 0 radical (unpaired) electrons. The minimum Gasteiger partial charge on any atom is -0.495 e. The van der Waals surface area contributed by atoms with Gasteiger partial charge in [-0.25, -0.2) is 4.79 Å². The van der Waals surface area contributed by atoms with E-state index in [9.17, 15) is 4.79 Å². The predicted octanol–water partition coefficient (Wildman–Crippen LogP) is 4.51. The molecule has 0 aliphatic carbocycles. The number of ether oxygens (including phenoxy) is 2. The smallest absolute Gasteiger partial charge is 0.319 e. The van der Waals surface area contributed by atoms with Crippen molar-refractivity contribution in [3.05, 3.63) is 52.0 Å². The monoisotopic (exact) mass is 368 g/mol. The van der Waals surface area contributed by atoms with Gasteiger partial charge in [-0.2, -0.15) is 0 Å². The lowest BCUT2D eigenvalue weighted by atomic mass is 10.2. The fourth-order valence-electron chi connectivity index (χ4n) is 1.99. The summed E-state index contributed by atoms with van der Waals surface area (Å²) in [6.07, 6.45) is 0. The molecule has 2 aromatic carbocycles. The van der Waals surface area contributed by atoms with Crippen LogP contribution in [0.5, 0.6) is 11.5 Å². The summed E-state index contributed by atoms with van der Waals surface area (Å²) in [7, 11) is 1.52. The van der Waals surface area contributed by atoms with Crippen LogP contribution in [-0.2, 0) is 0 Å². The number of aryl methyl sites for hydroxylation is 1. The molecule has 0 fully saturated rings. The molecule has 2 aromatic rings. The molecule has 0 saturated heterocycles. The second-order valence-corrected chi connectivity index (χ2v) is 5.85. The Kier molecular flexibility index (Phi) is 6.58. The van der Waals surface area contributed by atoms with Gasteiger partial charge in [0.05, 0.1) is 24.4 Å². The summed E-state index contributed by atoms with van der Waals surface area (Å²) in [4.78, 5) is 11.9. The summed E-state index contributed by atoms with van der Waals surface area (Å²) in [6.45, 7) is 2.57. The molecule has 5 nitrogen and oxygen atoms in total. The third kappa shape index (κ3) is 5.22. The Morgan fingerprint density at radius 3 is 2.67 bits per heavy atom. The predicted molar refractivity (Wildman–Crippen MR) is 96.7 cm³/mol. The van der Waals surface area contributed by atoms with E-state index in [1.165, 1.54) is 7.11 Å². The molecule has 0 atom stereocenters. The topological polar surface area (TPSA) is 59.6 Å². The zero-order valence-electron chi connectivity index (χ0n) is 13.4. The van der Waals surface area contributed by atoms with Crippen molar-refractivity contribution in [2.75, 3.05) is 25.6 Å². The molecule has 0 bridgehead atoms. The first-order valence-corrected chi connectivity index (χ1v) is 8.02. The Morgan fingerprint density at radius 1 is 1.12 bits per heavy atom. The number of amides is 2. The highest BCUT2D eigenvalue weighted by Crippen LogP contribution is 2.27. The molecular formula is C17H18Cl2N2O3. The molecule has 0 aliphatic rings. The molecule has 0 heterocycles. The number of carbonyl (C=O) groups excluding carboxylic acids is 1. The van der Waals surface area contributed by atoms with E-state index in [0.29, 0.717) is 40.4 Å². The van der Waals surface area contributed by atoms with Gasteiger partial charge in [0, 0.05) is 5.02 Å². The Morgan fingerprint density at radius 2 is 1.92 bits per heavy atom. The van der Waals surface area contributed by atoms with Crippen molar-refractivity contribution in [2.45, 2.75) is 6.92 Å². The SMILES string of the molecule is COc1ccc(Cl)cc1NC(=O)NCCOc1cc(C)ccc1Cl. The summed E-state index contributed by atoms with van der Waals surface area (Å²) >= 11 is 12.0. The number of carbonyl (C=O) groups is 1. The lowest BCUT2D eigenvalue weighted by Crippen LogP contribution is -2.32. The van der Waals surface area contributed by atoms with Gasteiger partial charge in [0.15, 0.2) is 0 Å². The number of hydrogen-bond acceptors (Lipinski definition) is 3. The number of halogens is 2. The van der Waals surface area contributed by atoms with Crippen LogP contribution in [0.3, 0.4) is 0 Å². The van der Waals surface area contributed by atoms with Crippen LogP contribution in [0, 0.1) is 6.92 Å². The van der Waals surface area contributed by atoms with Crippen molar-refractivity contribution >= 4 is 34.9 Å². The van der Waals surface area contributed by atoms with Gasteiger partial charge in [-0.05, 0) is 42.8 Å². The zero-order chi connectivity index (χ0) is 17.5. The molecule has 2 amide bonds. The maximum Gasteiger partial charge on any atom is 0.319 e. The van der Waals surface area contributed by atoms with Crippen molar-refractivity contribution in [3.63, 3.8) is 0 Å². The highest BCUT2D eigenvalue weighted by Gasteiger charge is 2.08. The molecule has 0 aromatic heterocycles. The van der Waals surface area contributed by atoms with Crippen LogP contribution >= 0.6 is 23.2 Å². The molecular weight excluding hydrogens is 351 g/mol. The summed E-state index contributed by atoms with van der Waals surface area (Å²) in [5.41, 5.74) is 1.54. The van der Waals surface area contributed by atoms with E-state index in [2.05, 4.69) is 10.6 Å². The van der Waals surface area contributed by atoms with E-state index in [1.807, 2.05) is 19.1 Å². The maximum absolute atomic E-state index is 11.9. The summed E-state index contributed by atoms with van der Waals surface area (Å²) in [5.74, 6) is 1.12. The van der Waals surface area contributed by atoms with Crippen LogP contribution in [0.4, 0.5) is 10.5 Å². The number of benzene rings is 2. The van der Waals surface area contributed by atoms with Crippen LogP contribution < -0.4 is 20.1 Å². The van der Waals surface area contributed by atoms with Crippen molar-refractivity contribution in [2.24, 2.45) is 0 Å². The third-order valence-corrected chi connectivity index (χ3v) is 3.69. The molecule has 0 saturated carbocycles. The van der Waals surface area contributed by atoms with Gasteiger partial charge >= 0.3 is 6.03 Å². The van der Waals surface area contributed by atoms with E-state index in [0.717, 1.165) is 5.56 Å². The highest BCUT2D eigenvalue weighted by molar-refractivity contribution is 6.32. The second-order valence-electron chi connectivity index (χ2n) is 5.01. The lowest BCUT2D eigenvalue weighted by molar-refractivity contribution is 0.247. The molecule has 2 rings (SSSR count). The molecule has 0 aliphatic heterocycles. The number of urea groups is 1. The highest BCUT2D eigenvalue weighted by atomic mass is 35.5. The zero-order valence-corrected chi connectivity index (χ0v) is 14.9. The molecule has 24 heavy (non-hydrogen) atoms. The number of nitrogens with one attached hydrogen (secondary N) is 2. The lowest BCUT2D eigenvalue weighted by Gasteiger charge is -2.12. The van der Waals surface area contributed by atoms with Crippen LogP contribution in [0.2, 0.25) is 10.0 Å². The van der Waals surface area contributed by atoms with Crippen LogP contribution in [0.15, 0.2) is 36.4 Å². The standard InChI is InChI=1S/C17H18Cl2N2O3/c1-11-3-5-13(19)16(9-11)24-8-7-20-17(22)21-14-10-12(18)4-6-15(14)23-2/h3-6,9-10H,7-8H2,1-2H3,(H2,20,21,22). The molecule has 0 spiro atoms. The van der Waals surface area contributed by atoms with Crippen molar-refractivity contribution < 1.29 is 14.3 Å². The van der Waals surface area contributed by atoms with Gasteiger partial charge in [0.1, 0.15) is 18.1 Å². The van der Waals surface area contributed by atoms with Crippen molar-refractivity contribution in [1.82, 2.24) is 5.32 Å². The van der Waals surface area contributed by atoms with E-state index in [1.54, 1.807) is 24.3 Å². The third-order valence-electron chi connectivity index (χ3n) is 3.14. The fraction of sp³-hybridized carbons (Fsp3) is 0.235. The minimum atomic E-state index is -0.380. The van der Waals surface area contributed by atoms with Gasteiger partial charge in [0.25, 0.3) is 0 Å². The fourth-order valence-corrected chi connectivity index (χ4v) is 2.34. The Labute approximate surface area is 150 Å². The van der Waals surface area contributed by atoms with E-state index in [4.69, 9.17) is 32.7 Å². The number of methoxy groups -OCH3 is 1. The van der Waals surface area contributed by atoms with Crippen LogP contribution in [0.25, 0.3) is 0 Å². The van der Waals surface area contributed by atoms with E-state index >= 15 is 0 Å². The first kappa shape index (κ1) is 18.2. The normalized spacial score (nSPS) is 10.2. The number of hydrogen-bond donors (Lipinski definition) is 2. The van der Waals surface area contributed by atoms with Crippen LogP contribution in [-0.4, -0.2) is 26.3 Å². The molecule has 0 unspecified atom stereocenters. The van der Waals surface area contributed by atoms with Gasteiger partial charge in [0.2, 0.25) is 0 Å². The first-order chi connectivity index (χ1) is 11.5. The van der Waals surface area contributed by atoms with Gasteiger partial charge in [-0.3, -0.25) is 0 Å². The molecule has 128 valence electrons.